The van der Waals surface area contributed by atoms with Crippen LogP contribution in [0.15, 0.2) is 46.9 Å². The van der Waals surface area contributed by atoms with Crippen molar-refractivity contribution in [3.8, 4) is 0 Å². The lowest BCUT2D eigenvalue weighted by Crippen LogP contribution is -2.27. The molecule has 2 rings (SSSR count). The van der Waals surface area contributed by atoms with Crippen molar-refractivity contribution in [2.75, 3.05) is 0 Å². The molecule has 1 nitrogen and oxygen atoms in total. The summed E-state index contributed by atoms with van der Waals surface area (Å²) in [7, 11) is 0. The molecule has 4 heteroatoms. The molecule has 106 valence electrons. The Morgan fingerprint density at radius 1 is 1.10 bits per heavy atom. The van der Waals surface area contributed by atoms with Gasteiger partial charge in [0.25, 0.3) is 0 Å². The number of rotatable bonds is 5. The molecule has 2 aromatic carbocycles. The van der Waals surface area contributed by atoms with Crippen LogP contribution in [0.4, 0.5) is 8.78 Å². The van der Waals surface area contributed by atoms with Crippen LogP contribution < -0.4 is 5.32 Å². The molecule has 20 heavy (non-hydrogen) atoms. The Labute approximate surface area is 126 Å². The molecule has 0 spiro atoms. The molecule has 0 radical (unpaired) electrons. The van der Waals surface area contributed by atoms with Gasteiger partial charge in [0.05, 0.1) is 4.47 Å². The second-order valence-electron chi connectivity index (χ2n) is 4.83. The summed E-state index contributed by atoms with van der Waals surface area (Å²) in [5, 5.41) is 3.34. The molecular formula is C16H16BrF2N. The van der Waals surface area contributed by atoms with Crippen LogP contribution in [0.5, 0.6) is 0 Å². The minimum absolute atomic E-state index is 0.218. The molecule has 0 amide bonds. The van der Waals surface area contributed by atoms with Crippen LogP contribution in [-0.2, 0) is 13.0 Å². The summed E-state index contributed by atoms with van der Waals surface area (Å²) in [5.41, 5.74) is 1.96. The number of nitrogens with one attached hydrogen (secondary N) is 1. The lowest BCUT2D eigenvalue weighted by atomic mass is 10.1. The molecule has 2 aromatic rings. The standard InChI is InChI=1S/C16H16BrF2N/c1-11(9-12-5-7-14(18)8-6-12)20-10-13-3-2-4-15(19)16(13)17/h2-8,11,20H,9-10H2,1H3. The first kappa shape index (κ1) is 15.1. The van der Waals surface area contributed by atoms with Gasteiger partial charge in [-0.3, -0.25) is 0 Å². The fourth-order valence-electron chi connectivity index (χ4n) is 2.02. The van der Waals surface area contributed by atoms with Gasteiger partial charge in [0.15, 0.2) is 0 Å². The van der Waals surface area contributed by atoms with Gasteiger partial charge in [0.2, 0.25) is 0 Å². The van der Waals surface area contributed by atoms with E-state index in [4.69, 9.17) is 0 Å². The van der Waals surface area contributed by atoms with Crippen LogP contribution in [0.25, 0.3) is 0 Å². The zero-order valence-corrected chi connectivity index (χ0v) is 12.8. The Hall–Kier alpha value is -1.26. The van der Waals surface area contributed by atoms with E-state index >= 15 is 0 Å². The van der Waals surface area contributed by atoms with E-state index in [-0.39, 0.29) is 17.7 Å². The van der Waals surface area contributed by atoms with Gasteiger partial charge in [-0.2, -0.15) is 0 Å². The van der Waals surface area contributed by atoms with Crippen molar-refractivity contribution >= 4 is 15.9 Å². The normalized spacial score (nSPS) is 12.4. The number of hydrogen-bond acceptors (Lipinski definition) is 1. The SMILES string of the molecule is CC(Cc1ccc(F)cc1)NCc1cccc(F)c1Br. The van der Waals surface area contributed by atoms with Crippen LogP contribution >= 0.6 is 15.9 Å². The number of halogens is 3. The zero-order chi connectivity index (χ0) is 14.5. The molecule has 0 saturated heterocycles. The van der Waals surface area contributed by atoms with E-state index in [0.29, 0.717) is 11.0 Å². The van der Waals surface area contributed by atoms with E-state index in [1.807, 2.05) is 6.07 Å². The third-order valence-corrected chi connectivity index (χ3v) is 4.02. The van der Waals surface area contributed by atoms with E-state index in [1.165, 1.54) is 18.2 Å². The molecule has 0 aliphatic heterocycles. The largest absolute Gasteiger partial charge is 0.310 e. The summed E-state index contributed by atoms with van der Waals surface area (Å²) in [6, 6.07) is 11.7. The average molecular weight is 340 g/mol. The van der Waals surface area contributed by atoms with Gasteiger partial charge in [-0.15, -0.1) is 0 Å². The quantitative estimate of drug-likeness (QED) is 0.848. The molecule has 0 aliphatic rings. The highest BCUT2D eigenvalue weighted by Gasteiger charge is 2.07. The predicted molar refractivity (Wildman–Crippen MR) is 80.5 cm³/mol. The molecule has 1 unspecified atom stereocenters. The Bertz CT molecular complexity index is 569. The Balaban J connectivity index is 1.90. The molecule has 0 heterocycles. The molecule has 0 fully saturated rings. The number of hydrogen-bond donors (Lipinski definition) is 1. The average Bonchev–Trinajstić information content (AvgIpc) is 2.43. The highest BCUT2D eigenvalue weighted by Crippen LogP contribution is 2.20. The van der Waals surface area contributed by atoms with E-state index < -0.39 is 0 Å². The molecule has 0 bridgehead atoms. The van der Waals surface area contributed by atoms with Crippen LogP contribution in [0.2, 0.25) is 0 Å². The predicted octanol–water partition coefficient (Wildman–Crippen LogP) is 4.45. The summed E-state index contributed by atoms with van der Waals surface area (Å²) < 4.78 is 26.7. The molecule has 0 aliphatic carbocycles. The van der Waals surface area contributed by atoms with Crippen molar-refractivity contribution in [1.82, 2.24) is 5.32 Å². The minimum Gasteiger partial charge on any atom is -0.310 e. The monoisotopic (exact) mass is 339 g/mol. The smallest absolute Gasteiger partial charge is 0.137 e. The van der Waals surface area contributed by atoms with Crippen LogP contribution in [-0.4, -0.2) is 6.04 Å². The van der Waals surface area contributed by atoms with Crippen molar-refractivity contribution in [1.29, 1.82) is 0 Å². The Kier molecular flexibility index (Phi) is 5.26. The lowest BCUT2D eigenvalue weighted by Gasteiger charge is -2.15. The highest BCUT2D eigenvalue weighted by molar-refractivity contribution is 9.10. The fourth-order valence-corrected chi connectivity index (χ4v) is 2.42. The van der Waals surface area contributed by atoms with Crippen molar-refractivity contribution in [3.63, 3.8) is 0 Å². The van der Waals surface area contributed by atoms with Crippen molar-refractivity contribution in [2.24, 2.45) is 0 Å². The highest BCUT2D eigenvalue weighted by atomic mass is 79.9. The van der Waals surface area contributed by atoms with Gasteiger partial charge in [-0.05, 0) is 58.6 Å². The molecule has 1 atom stereocenters. The van der Waals surface area contributed by atoms with Crippen molar-refractivity contribution in [2.45, 2.75) is 25.9 Å². The van der Waals surface area contributed by atoms with Gasteiger partial charge < -0.3 is 5.32 Å². The molecule has 0 aromatic heterocycles. The topological polar surface area (TPSA) is 12.0 Å². The van der Waals surface area contributed by atoms with Gasteiger partial charge in [0, 0.05) is 12.6 Å². The summed E-state index contributed by atoms with van der Waals surface area (Å²) >= 11 is 3.25. The first-order chi connectivity index (χ1) is 9.56. The van der Waals surface area contributed by atoms with Crippen LogP contribution in [0.3, 0.4) is 0 Å². The van der Waals surface area contributed by atoms with Crippen molar-refractivity contribution in [3.05, 3.63) is 69.7 Å². The van der Waals surface area contributed by atoms with Gasteiger partial charge in [-0.1, -0.05) is 24.3 Å². The van der Waals surface area contributed by atoms with Gasteiger partial charge in [0.1, 0.15) is 11.6 Å². The molecule has 0 saturated carbocycles. The summed E-state index contributed by atoms with van der Waals surface area (Å²) in [6.07, 6.45) is 0.799. The summed E-state index contributed by atoms with van der Waals surface area (Å²) in [6.45, 7) is 2.64. The lowest BCUT2D eigenvalue weighted by molar-refractivity contribution is 0.540. The van der Waals surface area contributed by atoms with Crippen LogP contribution in [0, 0.1) is 11.6 Å². The second kappa shape index (κ2) is 6.95. The zero-order valence-electron chi connectivity index (χ0n) is 11.2. The fraction of sp³-hybridized carbons (Fsp3) is 0.250. The second-order valence-corrected chi connectivity index (χ2v) is 5.62. The summed E-state index contributed by atoms with van der Waals surface area (Å²) in [4.78, 5) is 0. The van der Waals surface area contributed by atoms with E-state index in [2.05, 4.69) is 28.2 Å². The van der Waals surface area contributed by atoms with Crippen LogP contribution in [0.1, 0.15) is 18.1 Å². The molecule has 1 N–H and O–H groups in total. The van der Waals surface area contributed by atoms with Gasteiger partial charge in [-0.25, -0.2) is 8.78 Å². The Morgan fingerprint density at radius 3 is 2.50 bits per heavy atom. The summed E-state index contributed by atoms with van der Waals surface area (Å²) in [5.74, 6) is -0.478. The number of benzene rings is 2. The Morgan fingerprint density at radius 2 is 1.80 bits per heavy atom. The first-order valence-electron chi connectivity index (χ1n) is 6.47. The van der Waals surface area contributed by atoms with E-state index in [1.54, 1.807) is 18.2 Å². The minimum atomic E-state index is -0.254. The van der Waals surface area contributed by atoms with Crippen molar-refractivity contribution < 1.29 is 8.78 Å². The molecular weight excluding hydrogens is 324 g/mol. The van der Waals surface area contributed by atoms with E-state index in [0.717, 1.165) is 17.5 Å². The maximum absolute atomic E-state index is 13.4. The van der Waals surface area contributed by atoms with E-state index in [9.17, 15) is 8.78 Å². The van der Waals surface area contributed by atoms with Gasteiger partial charge >= 0.3 is 0 Å². The maximum Gasteiger partial charge on any atom is 0.137 e. The third kappa shape index (κ3) is 4.12. The maximum atomic E-state index is 13.4. The third-order valence-electron chi connectivity index (χ3n) is 3.13. The first-order valence-corrected chi connectivity index (χ1v) is 7.26.